The Morgan fingerprint density at radius 2 is 1.70 bits per heavy atom. The van der Waals surface area contributed by atoms with E-state index in [2.05, 4.69) is 29.6 Å². The number of carboxylic acid groups (broad SMARTS) is 1. The van der Waals surface area contributed by atoms with Gasteiger partial charge in [0.15, 0.2) is 0 Å². The summed E-state index contributed by atoms with van der Waals surface area (Å²) in [5.74, 6) is -0.132. The molecule has 0 fully saturated rings. The van der Waals surface area contributed by atoms with E-state index in [0.29, 0.717) is 12.4 Å². The highest BCUT2D eigenvalue weighted by atomic mass is 16.5. The molecule has 0 aliphatic heterocycles. The van der Waals surface area contributed by atoms with Crippen molar-refractivity contribution in [2.24, 2.45) is 0 Å². The molecule has 5 heteroatoms. The van der Waals surface area contributed by atoms with Crippen LogP contribution in [0.4, 0.5) is 0 Å². The lowest BCUT2D eigenvalue weighted by molar-refractivity contribution is -0.140. The summed E-state index contributed by atoms with van der Waals surface area (Å²) in [6.07, 6.45) is 1.82. The second-order valence-corrected chi connectivity index (χ2v) is 6.62. The first-order valence-electron chi connectivity index (χ1n) is 8.98. The number of benzene rings is 2. The van der Waals surface area contributed by atoms with Crippen LogP contribution in [-0.4, -0.2) is 30.5 Å². The average molecular weight is 363 g/mol. The lowest BCUT2D eigenvalue weighted by Gasteiger charge is -2.17. The van der Waals surface area contributed by atoms with Crippen molar-refractivity contribution in [3.63, 3.8) is 0 Å². The van der Waals surface area contributed by atoms with Gasteiger partial charge in [0.25, 0.3) is 0 Å². The smallest absolute Gasteiger partial charge is 0.321 e. The molecule has 27 heavy (non-hydrogen) atoms. The van der Waals surface area contributed by atoms with E-state index in [0.717, 1.165) is 0 Å². The lowest BCUT2D eigenvalue weighted by Crippen LogP contribution is -2.40. The number of rotatable bonds is 8. The Balaban J connectivity index is 1.38. The van der Waals surface area contributed by atoms with Crippen LogP contribution < -0.4 is 5.32 Å². The maximum atomic E-state index is 11.4. The highest BCUT2D eigenvalue weighted by Gasteiger charge is 2.28. The zero-order valence-corrected chi connectivity index (χ0v) is 14.8. The van der Waals surface area contributed by atoms with E-state index in [1.54, 1.807) is 18.4 Å². The molecule has 0 radical (unpaired) electrons. The van der Waals surface area contributed by atoms with Gasteiger partial charge in [0.05, 0.1) is 19.6 Å². The number of hydrogen-bond donors (Lipinski definition) is 2. The molecule has 3 aromatic rings. The van der Waals surface area contributed by atoms with Gasteiger partial charge in [0.2, 0.25) is 0 Å². The summed E-state index contributed by atoms with van der Waals surface area (Å²) < 4.78 is 11.1. The van der Waals surface area contributed by atoms with E-state index >= 15 is 0 Å². The molecule has 0 saturated heterocycles. The summed E-state index contributed by atoms with van der Waals surface area (Å²) in [5.41, 5.74) is 5.00. The van der Waals surface area contributed by atoms with Gasteiger partial charge in [0, 0.05) is 12.3 Å². The monoisotopic (exact) mass is 363 g/mol. The largest absolute Gasteiger partial charge is 0.480 e. The van der Waals surface area contributed by atoms with Crippen molar-refractivity contribution in [2.75, 3.05) is 13.3 Å². The van der Waals surface area contributed by atoms with Crippen molar-refractivity contribution in [3.05, 3.63) is 83.8 Å². The fourth-order valence-corrected chi connectivity index (χ4v) is 3.65. The zero-order valence-electron chi connectivity index (χ0n) is 14.8. The van der Waals surface area contributed by atoms with Crippen LogP contribution >= 0.6 is 0 Å². The second-order valence-electron chi connectivity index (χ2n) is 6.62. The Morgan fingerprint density at radius 1 is 1.04 bits per heavy atom. The number of carboxylic acids is 1. The van der Waals surface area contributed by atoms with Crippen molar-refractivity contribution in [1.29, 1.82) is 0 Å². The van der Waals surface area contributed by atoms with Crippen LogP contribution in [0.5, 0.6) is 0 Å². The standard InChI is InChI=1S/C22H21NO4/c24-22(25)21(12-15-6-5-11-27-15)23-14-26-13-20-18-9-3-1-7-16(18)17-8-2-4-10-19(17)20/h1-11,20-21,23H,12-14H2,(H,24,25)/t21-/m1/s1. The number of aliphatic carboxylic acids is 1. The van der Waals surface area contributed by atoms with Crippen LogP contribution in [0.25, 0.3) is 11.1 Å². The van der Waals surface area contributed by atoms with Crippen molar-refractivity contribution < 1.29 is 19.1 Å². The number of ether oxygens (including phenoxy) is 1. The lowest BCUT2D eigenvalue weighted by atomic mass is 9.98. The van der Waals surface area contributed by atoms with Crippen LogP contribution in [0.15, 0.2) is 71.3 Å². The van der Waals surface area contributed by atoms with Gasteiger partial charge in [-0.15, -0.1) is 0 Å². The van der Waals surface area contributed by atoms with Gasteiger partial charge in [-0.3, -0.25) is 10.1 Å². The summed E-state index contributed by atoms with van der Waals surface area (Å²) in [5, 5.41) is 12.3. The van der Waals surface area contributed by atoms with Crippen molar-refractivity contribution >= 4 is 5.97 Å². The molecule has 5 nitrogen and oxygen atoms in total. The Kier molecular flexibility index (Phi) is 5.05. The minimum Gasteiger partial charge on any atom is -0.480 e. The molecular formula is C22H21NO4. The molecule has 4 rings (SSSR count). The third-order valence-electron chi connectivity index (χ3n) is 4.96. The topological polar surface area (TPSA) is 71.7 Å². The minimum absolute atomic E-state index is 0.160. The summed E-state index contributed by atoms with van der Waals surface area (Å²) in [6.45, 7) is 0.659. The molecule has 0 unspecified atom stereocenters. The van der Waals surface area contributed by atoms with E-state index in [4.69, 9.17) is 9.15 Å². The van der Waals surface area contributed by atoms with E-state index in [1.165, 1.54) is 22.3 Å². The molecule has 0 amide bonds. The molecule has 138 valence electrons. The predicted octanol–water partition coefficient (Wildman–Crippen LogP) is 3.65. The van der Waals surface area contributed by atoms with Crippen LogP contribution in [0, 0.1) is 0 Å². The first kappa shape index (κ1) is 17.5. The molecule has 0 spiro atoms. The fourth-order valence-electron chi connectivity index (χ4n) is 3.65. The Hall–Kier alpha value is -2.89. The number of furan rings is 1. The Labute approximate surface area is 157 Å². The van der Waals surface area contributed by atoms with Crippen molar-refractivity contribution in [3.8, 4) is 11.1 Å². The molecule has 1 aromatic heterocycles. The van der Waals surface area contributed by atoms with Gasteiger partial charge in [-0.2, -0.15) is 0 Å². The third-order valence-corrected chi connectivity index (χ3v) is 4.96. The molecule has 0 bridgehead atoms. The second kappa shape index (κ2) is 7.78. The predicted molar refractivity (Wildman–Crippen MR) is 102 cm³/mol. The molecule has 2 N–H and O–H groups in total. The van der Waals surface area contributed by atoms with E-state index < -0.39 is 12.0 Å². The van der Waals surface area contributed by atoms with E-state index in [9.17, 15) is 9.90 Å². The van der Waals surface area contributed by atoms with Gasteiger partial charge >= 0.3 is 5.97 Å². The van der Waals surface area contributed by atoms with Crippen LogP contribution in [0.2, 0.25) is 0 Å². The summed E-state index contributed by atoms with van der Waals surface area (Å²) in [7, 11) is 0. The van der Waals surface area contributed by atoms with Crippen molar-refractivity contribution in [2.45, 2.75) is 18.4 Å². The fraction of sp³-hybridized carbons (Fsp3) is 0.227. The number of carbonyl (C=O) groups is 1. The first-order chi connectivity index (χ1) is 13.2. The molecule has 0 saturated carbocycles. The average Bonchev–Trinajstić information content (AvgIpc) is 3.30. The highest BCUT2D eigenvalue weighted by Crippen LogP contribution is 2.44. The van der Waals surface area contributed by atoms with E-state index in [-0.39, 0.29) is 19.1 Å². The molecule has 1 atom stereocenters. The number of nitrogens with one attached hydrogen (secondary N) is 1. The molecule has 2 aromatic carbocycles. The van der Waals surface area contributed by atoms with Crippen LogP contribution in [-0.2, 0) is 16.0 Å². The molecule has 1 aliphatic rings. The zero-order chi connectivity index (χ0) is 18.6. The van der Waals surface area contributed by atoms with Crippen LogP contribution in [0.3, 0.4) is 0 Å². The van der Waals surface area contributed by atoms with Crippen molar-refractivity contribution in [1.82, 2.24) is 5.32 Å². The SMILES string of the molecule is O=C(O)[C@@H](Cc1ccco1)NCOCC1c2ccccc2-c2ccccc21. The third kappa shape index (κ3) is 3.65. The minimum atomic E-state index is -0.924. The normalized spacial score (nSPS) is 13.9. The van der Waals surface area contributed by atoms with Gasteiger partial charge in [-0.25, -0.2) is 0 Å². The maximum absolute atomic E-state index is 11.4. The van der Waals surface area contributed by atoms with E-state index in [1.807, 2.05) is 24.3 Å². The van der Waals surface area contributed by atoms with Gasteiger partial charge in [-0.05, 0) is 34.4 Å². The highest BCUT2D eigenvalue weighted by molar-refractivity contribution is 5.78. The van der Waals surface area contributed by atoms with Gasteiger partial charge in [0.1, 0.15) is 11.8 Å². The molecule has 1 aliphatic carbocycles. The number of hydrogen-bond acceptors (Lipinski definition) is 4. The summed E-state index contributed by atoms with van der Waals surface area (Å²) in [6, 6.07) is 19.5. The Morgan fingerprint density at radius 3 is 2.30 bits per heavy atom. The molecular weight excluding hydrogens is 342 g/mol. The van der Waals surface area contributed by atoms with Gasteiger partial charge < -0.3 is 14.3 Å². The van der Waals surface area contributed by atoms with Crippen LogP contribution in [0.1, 0.15) is 22.8 Å². The Bertz CT molecular complexity index is 874. The number of fused-ring (bicyclic) bond motifs is 3. The van der Waals surface area contributed by atoms with Gasteiger partial charge in [-0.1, -0.05) is 48.5 Å². The molecule has 1 heterocycles. The quantitative estimate of drug-likeness (QED) is 0.472. The first-order valence-corrected chi connectivity index (χ1v) is 8.98. The summed E-state index contributed by atoms with van der Waals surface area (Å²) >= 11 is 0. The summed E-state index contributed by atoms with van der Waals surface area (Å²) in [4.78, 5) is 11.4. The maximum Gasteiger partial charge on any atom is 0.321 e.